The minimum Gasteiger partial charge on any atom is -0.387 e. The Morgan fingerprint density at radius 3 is 2.82 bits per heavy atom. The fraction of sp³-hybridized carbons (Fsp3) is 0.524. The van der Waals surface area contributed by atoms with Gasteiger partial charge in [0, 0.05) is 44.3 Å². The molecule has 2 aromatic rings. The van der Waals surface area contributed by atoms with E-state index in [-0.39, 0.29) is 0 Å². The first-order chi connectivity index (χ1) is 13.6. The van der Waals surface area contributed by atoms with E-state index in [1.165, 1.54) is 0 Å². The van der Waals surface area contributed by atoms with Crippen LogP contribution in [0.4, 0.5) is 0 Å². The molecule has 1 saturated heterocycles. The molecule has 1 aromatic carbocycles. The molecule has 7 nitrogen and oxygen atoms in total. The van der Waals surface area contributed by atoms with Crippen LogP contribution in [-0.4, -0.2) is 72.5 Å². The number of benzene rings is 1. The summed E-state index contributed by atoms with van der Waals surface area (Å²) in [5.74, 6) is 0.700. The average molecular weight is 386 g/mol. The predicted octanol–water partition coefficient (Wildman–Crippen LogP) is 1.37. The van der Waals surface area contributed by atoms with E-state index >= 15 is 0 Å². The summed E-state index contributed by atoms with van der Waals surface area (Å²) in [5, 5.41) is 18.4. The smallest absolute Gasteiger partial charge is 0.191 e. The number of ether oxygens (including phenoxy) is 1. The third kappa shape index (κ3) is 5.89. The molecule has 3 rings (SSSR count). The van der Waals surface area contributed by atoms with Gasteiger partial charge in [0.1, 0.15) is 0 Å². The van der Waals surface area contributed by atoms with Crippen LogP contribution in [0.5, 0.6) is 0 Å². The number of aliphatic imine (C=N–C) groups is 1. The fourth-order valence-corrected chi connectivity index (χ4v) is 3.37. The molecule has 1 unspecified atom stereocenters. The van der Waals surface area contributed by atoms with Gasteiger partial charge in [-0.25, -0.2) is 4.99 Å². The first-order valence-electron chi connectivity index (χ1n) is 9.95. The van der Waals surface area contributed by atoms with Gasteiger partial charge in [0.2, 0.25) is 0 Å². The number of guanidine groups is 1. The van der Waals surface area contributed by atoms with E-state index in [2.05, 4.69) is 26.6 Å². The van der Waals surface area contributed by atoms with Crippen molar-refractivity contribution >= 4 is 16.9 Å². The average Bonchev–Trinajstić information content (AvgIpc) is 2.70. The number of fused-ring (bicyclic) bond motifs is 1. The van der Waals surface area contributed by atoms with Gasteiger partial charge in [-0.05, 0) is 31.5 Å². The van der Waals surface area contributed by atoms with Gasteiger partial charge in [0.15, 0.2) is 5.96 Å². The number of pyridine rings is 1. The number of rotatable bonds is 7. The second-order valence-electron chi connectivity index (χ2n) is 7.42. The molecule has 7 heteroatoms. The number of aliphatic hydroxyl groups is 1. The number of aromatic nitrogens is 1. The van der Waals surface area contributed by atoms with Crippen LogP contribution >= 0.6 is 0 Å². The highest BCUT2D eigenvalue weighted by molar-refractivity contribution is 5.83. The van der Waals surface area contributed by atoms with Crippen molar-refractivity contribution in [2.24, 2.45) is 4.99 Å². The Hall–Kier alpha value is -2.22. The highest BCUT2D eigenvalue weighted by Gasteiger charge is 2.25. The van der Waals surface area contributed by atoms with E-state index in [1.807, 2.05) is 44.3 Å². The molecule has 1 aromatic heterocycles. The Balaban J connectivity index is 1.62. The highest BCUT2D eigenvalue weighted by atomic mass is 16.5. The molecule has 0 aliphatic carbocycles. The van der Waals surface area contributed by atoms with Crippen molar-refractivity contribution in [2.45, 2.75) is 26.0 Å². The third-order valence-corrected chi connectivity index (χ3v) is 4.80. The van der Waals surface area contributed by atoms with Gasteiger partial charge >= 0.3 is 0 Å². The van der Waals surface area contributed by atoms with E-state index in [0.29, 0.717) is 25.6 Å². The van der Waals surface area contributed by atoms with Gasteiger partial charge < -0.3 is 20.5 Å². The first-order valence-corrected chi connectivity index (χ1v) is 9.95. The molecule has 3 N–H and O–H groups in total. The lowest BCUT2D eigenvalue weighted by Gasteiger charge is -2.34. The summed E-state index contributed by atoms with van der Waals surface area (Å²) >= 11 is 0. The largest absolute Gasteiger partial charge is 0.387 e. The summed E-state index contributed by atoms with van der Waals surface area (Å²) < 4.78 is 5.38. The van der Waals surface area contributed by atoms with E-state index in [9.17, 15) is 5.11 Å². The predicted molar refractivity (Wildman–Crippen MR) is 112 cm³/mol. The maximum atomic E-state index is 10.8. The summed E-state index contributed by atoms with van der Waals surface area (Å²) in [4.78, 5) is 11.3. The lowest BCUT2D eigenvalue weighted by molar-refractivity contribution is -0.0201. The quantitative estimate of drug-likeness (QED) is 0.493. The van der Waals surface area contributed by atoms with E-state index in [1.54, 1.807) is 0 Å². The standard InChI is InChI=1S/C21H31N5O2/c1-3-22-20(25-15-21(2,27)16-26-10-12-28-13-11-26)24-14-17-8-9-23-19-7-5-4-6-18(17)19/h4-9,27H,3,10-16H2,1-2H3,(H2,22,24,25). The Labute approximate surface area is 166 Å². The highest BCUT2D eigenvalue weighted by Crippen LogP contribution is 2.16. The normalized spacial score (nSPS) is 18.0. The summed E-state index contributed by atoms with van der Waals surface area (Å²) in [6.07, 6.45) is 1.82. The lowest BCUT2D eigenvalue weighted by atomic mass is 10.1. The SMILES string of the molecule is CCNC(=NCc1ccnc2ccccc12)NCC(C)(O)CN1CCOCC1. The van der Waals surface area contributed by atoms with Crippen molar-refractivity contribution in [3.05, 3.63) is 42.1 Å². The van der Waals surface area contributed by atoms with Crippen molar-refractivity contribution in [1.82, 2.24) is 20.5 Å². The summed E-state index contributed by atoms with van der Waals surface area (Å²) in [6, 6.07) is 10.1. The van der Waals surface area contributed by atoms with Crippen LogP contribution in [0, 0.1) is 0 Å². The summed E-state index contributed by atoms with van der Waals surface area (Å²) in [6.45, 7) is 9.41. The molecular weight excluding hydrogens is 354 g/mol. The van der Waals surface area contributed by atoms with Gasteiger partial charge in [-0.1, -0.05) is 18.2 Å². The number of nitrogens with one attached hydrogen (secondary N) is 2. The summed E-state index contributed by atoms with van der Waals surface area (Å²) in [7, 11) is 0. The zero-order valence-electron chi connectivity index (χ0n) is 16.8. The first kappa shape index (κ1) is 20.5. The maximum absolute atomic E-state index is 10.8. The van der Waals surface area contributed by atoms with Crippen molar-refractivity contribution in [3.8, 4) is 0 Å². The van der Waals surface area contributed by atoms with Gasteiger partial charge in [-0.15, -0.1) is 0 Å². The summed E-state index contributed by atoms with van der Waals surface area (Å²) in [5.41, 5.74) is 1.25. The van der Waals surface area contributed by atoms with Gasteiger partial charge in [-0.3, -0.25) is 9.88 Å². The van der Waals surface area contributed by atoms with Crippen LogP contribution in [0.1, 0.15) is 19.4 Å². The van der Waals surface area contributed by atoms with Crippen LogP contribution in [0.15, 0.2) is 41.5 Å². The number of morpholine rings is 1. The number of hydrogen-bond donors (Lipinski definition) is 3. The molecule has 1 aliphatic heterocycles. The maximum Gasteiger partial charge on any atom is 0.191 e. The molecule has 0 radical (unpaired) electrons. The number of β-amino-alcohol motifs (C(OH)–C–C–N with tert-alkyl or cyclic N) is 1. The molecule has 0 amide bonds. The molecule has 28 heavy (non-hydrogen) atoms. The zero-order chi connectivity index (χ0) is 19.8. The molecule has 1 atom stereocenters. The molecule has 1 fully saturated rings. The van der Waals surface area contributed by atoms with Crippen molar-refractivity contribution < 1.29 is 9.84 Å². The van der Waals surface area contributed by atoms with Crippen molar-refractivity contribution in [3.63, 3.8) is 0 Å². The van der Waals surface area contributed by atoms with Crippen LogP contribution in [-0.2, 0) is 11.3 Å². The minimum absolute atomic E-state index is 0.424. The number of nitrogens with zero attached hydrogens (tertiary/aromatic N) is 3. The Kier molecular flexibility index (Phi) is 7.19. The van der Waals surface area contributed by atoms with Gasteiger partial charge in [0.25, 0.3) is 0 Å². The van der Waals surface area contributed by atoms with Crippen LogP contribution in [0.3, 0.4) is 0 Å². The Bertz CT molecular complexity index is 782. The second kappa shape index (κ2) is 9.82. The Morgan fingerprint density at radius 1 is 1.25 bits per heavy atom. The topological polar surface area (TPSA) is 82.0 Å². The van der Waals surface area contributed by atoms with Crippen LogP contribution in [0.25, 0.3) is 10.9 Å². The second-order valence-corrected chi connectivity index (χ2v) is 7.42. The van der Waals surface area contributed by atoms with E-state index in [4.69, 9.17) is 9.73 Å². The molecular formula is C21H31N5O2. The number of hydrogen-bond acceptors (Lipinski definition) is 5. The van der Waals surface area contributed by atoms with Crippen molar-refractivity contribution in [2.75, 3.05) is 45.9 Å². The van der Waals surface area contributed by atoms with Gasteiger partial charge in [0.05, 0.1) is 30.9 Å². The zero-order valence-corrected chi connectivity index (χ0v) is 16.8. The molecule has 0 saturated carbocycles. The lowest BCUT2D eigenvalue weighted by Crippen LogP contribution is -2.52. The molecule has 0 bridgehead atoms. The minimum atomic E-state index is -0.850. The monoisotopic (exact) mass is 385 g/mol. The molecule has 152 valence electrons. The van der Waals surface area contributed by atoms with Crippen molar-refractivity contribution in [1.29, 1.82) is 0 Å². The molecule has 1 aliphatic rings. The molecule has 0 spiro atoms. The van der Waals surface area contributed by atoms with Crippen LogP contribution < -0.4 is 10.6 Å². The van der Waals surface area contributed by atoms with Crippen LogP contribution in [0.2, 0.25) is 0 Å². The Morgan fingerprint density at radius 2 is 2.04 bits per heavy atom. The molecule has 2 heterocycles. The van der Waals surface area contributed by atoms with E-state index in [0.717, 1.165) is 49.3 Å². The number of para-hydroxylation sites is 1. The fourth-order valence-electron chi connectivity index (χ4n) is 3.37. The third-order valence-electron chi connectivity index (χ3n) is 4.80. The van der Waals surface area contributed by atoms with Gasteiger partial charge in [-0.2, -0.15) is 0 Å². The van der Waals surface area contributed by atoms with E-state index < -0.39 is 5.60 Å².